The molecule has 0 bridgehead atoms. The summed E-state index contributed by atoms with van der Waals surface area (Å²) < 4.78 is 0. The lowest BCUT2D eigenvalue weighted by atomic mass is 10.1. The number of nitrogens with zero attached hydrogens (tertiary/aromatic N) is 2. The highest BCUT2D eigenvalue weighted by molar-refractivity contribution is 7.15. The Morgan fingerprint density at radius 2 is 2.11 bits per heavy atom. The van der Waals surface area contributed by atoms with Crippen LogP contribution in [0.15, 0.2) is 18.2 Å². The molecule has 0 aliphatic carbocycles. The summed E-state index contributed by atoms with van der Waals surface area (Å²) in [5.74, 6) is -0.0689. The maximum absolute atomic E-state index is 11.9. The number of amides is 1. The third-order valence-electron chi connectivity index (χ3n) is 2.88. The van der Waals surface area contributed by atoms with Crippen molar-refractivity contribution in [3.05, 3.63) is 39.9 Å². The first-order valence-corrected chi connectivity index (χ1v) is 6.81. The van der Waals surface area contributed by atoms with Crippen LogP contribution in [0.1, 0.15) is 26.5 Å². The molecular formula is C13H16N4OS. The fourth-order valence-electron chi connectivity index (χ4n) is 1.64. The fourth-order valence-corrected chi connectivity index (χ4v) is 2.24. The van der Waals surface area contributed by atoms with Crippen molar-refractivity contribution in [3.8, 4) is 0 Å². The highest BCUT2D eigenvalue weighted by atomic mass is 32.1. The Morgan fingerprint density at radius 3 is 2.74 bits per heavy atom. The zero-order valence-corrected chi connectivity index (χ0v) is 11.8. The van der Waals surface area contributed by atoms with E-state index in [0.29, 0.717) is 23.7 Å². The third-order valence-corrected chi connectivity index (χ3v) is 3.69. The molecule has 0 radical (unpaired) electrons. The first-order valence-electron chi connectivity index (χ1n) is 5.99. The summed E-state index contributed by atoms with van der Waals surface area (Å²) in [7, 11) is 0. The monoisotopic (exact) mass is 276 g/mol. The predicted octanol–water partition coefficient (Wildman–Crippen LogP) is 1.71. The second-order valence-corrected chi connectivity index (χ2v) is 5.43. The molecule has 0 aliphatic heterocycles. The molecule has 1 heterocycles. The SMILES string of the molecule is Cc1ccc(C(=O)NCCc2nnc(N)s2)cc1C. The molecule has 3 N–H and O–H groups in total. The van der Waals surface area contributed by atoms with Crippen molar-refractivity contribution in [2.24, 2.45) is 0 Å². The Kier molecular flexibility index (Phi) is 4.11. The number of aromatic nitrogens is 2. The maximum atomic E-state index is 11.9. The van der Waals surface area contributed by atoms with Crippen LogP contribution in [0.25, 0.3) is 0 Å². The van der Waals surface area contributed by atoms with E-state index in [1.807, 2.05) is 32.0 Å². The van der Waals surface area contributed by atoms with Gasteiger partial charge in [-0.05, 0) is 37.1 Å². The molecule has 0 aliphatic rings. The Bertz CT molecular complexity index is 594. The largest absolute Gasteiger partial charge is 0.374 e. The second-order valence-electron chi connectivity index (χ2n) is 4.34. The normalized spacial score (nSPS) is 10.4. The van der Waals surface area contributed by atoms with Crippen molar-refractivity contribution in [2.75, 3.05) is 12.3 Å². The molecule has 0 saturated heterocycles. The first kappa shape index (κ1) is 13.5. The lowest BCUT2D eigenvalue weighted by Crippen LogP contribution is -2.25. The minimum absolute atomic E-state index is 0.0689. The van der Waals surface area contributed by atoms with Gasteiger partial charge >= 0.3 is 0 Å². The van der Waals surface area contributed by atoms with E-state index < -0.39 is 0 Å². The molecule has 100 valence electrons. The topological polar surface area (TPSA) is 80.9 Å². The van der Waals surface area contributed by atoms with Crippen molar-refractivity contribution in [2.45, 2.75) is 20.3 Å². The molecule has 0 atom stereocenters. The van der Waals surface area contributed by atoms with Gasteiger partial charge in [0.25, 0.3) is 5.91 Å². The van der Waals surface area contributed by atoms with Crippen molar-refractivity contribution in [1.29, 1.82) is 0 Å². The smallest absolute Gasteiger partial charge is 0.251 e. The zero-order chi connectivity index (χ0) is 13.8. The summed E-state index contributed by atoms with van der Waals surface area (Å²) in [5.41, 5.74) is 8.47. The van der Waals surface area contributed by atoms with Crippen molar-refractivity contribution in [1.82, 2.24) is 15.5 Å². The van der Waals surface area contributed by atoms with Gasteiger partial charge in [-0.2, -0.15) is 0 Å². The van der Waals surface area contributed by atoms with Crippen LogP contribution in [0.4, 0.5) is 5.13 Å². The van der Waals surface area contributed by atoms with Gasteiger partial charge < -0.3 is 11.1 Å². The summed E-state index contributed by atoms with van der Waals surface area (Å²) in [6.45, 7) is 4.55. The number of nitrogen functional groups attached to an aromatic ring is 1. The van der Waals surface area contributed by atoms with Crippen LogP contribution in [-0.4, -0.2) is 22.6 Å². The highest BCUT2D eigenvalue weighted by Gasteiger charge is 2.07. The number of hydrogen-bond donors (Lipinski definition) is 2. The van der Waals surface area contributed by atoms with Gasteiger partial charge in [-0.15, -0.1) is 10.2 Å². The summed E-state index contributed by atoms with van der Waals surface area (Å²) in [6, 6.07) is 5.68. The minimum Gasteiger partial charge on any atom is -0.374 e. The molecule has 1 aromatic carbocycles. The maximum Gasteiger partial charge on any atom is 0.251 e. The number of nitrogens with two attached hydrogens (primary N) is 1. The Labute approximate surface area is 115 Å². The molecular weight excluding hydrogens is 260 g/mol. The number of aryl methyl sites for hydroxylation is 2. The quantitative estimate of drug-likeness (QED) is 0.890. The number of hydrogen-bond acceptors (Lipinski definition) is 5. The fraction of sp³-hybridized carbons (Fsp3) is 0.308. The number of carbonyl (C=O) groups excluding carboxylic acids is 1. The summed E-state index contributed by atoms with van der Waals surface area (Å²) in [5, 5.41) is 11.8. The summed E-state index contributed by atoms with van der Waals surface area (Å²) >= 11 is 1.34. The van der Waals surface area contributed by atoms with Crippen molar-refractivity contribution < 1.29 is 4.79 Å². The number of benzene rings is 1. The Morgan fingerprint density at radius 1 is 1.32 bits per heavy atom. The van der Waals surface area contributed by atoms with E-state index in [1.165, 1.54) is 16.9 Å². The van der Waals surface area contributed by atoms with Gasteiger partial charge in [0.1, 0.15) is 5.01 Å². The van der Waals surface area contributed by atoms with E-state index in [2.05, 4.69) is 15.5 Å². The van der Waals surface area contributed by atoms with Crippen LogP contribution in [-0.2, 0) is 6.42 Å². The van der Waals surface area contributed by atoms with E-state index in [-0.39, 0.29) is 5.91 Å². The van der Waals surface area contributed by atoms with Crippen LogP contribution in [0, 0.1) is 13.8 Å². The lowest BCUT2D eigenvalue weighted by Gasteiger charge is -2.06. The molecule has 0 saturated carbocycles. The molecule has 1 amide bonds. The van der Waals surface area contributed by atoms with Crippen LogP contribution in [0.5, 0.6) is 0 Å². The van der Waals surface area contributed by atoms with E-state index in [9.17, 15) is 4.79 Å². The molecule has 2 rings (SSSR count). The number of carbonyl (C=O) groups is 1. The molecule has 1 aromatic heterocycles. The number of rotatable bonds is 4. The minimum atomic E-state index is -0.0689. The van der Waals surface area contributed by atoms with Gasteiger partial charge in [-0.1, -0.05) is 17.4 Å². The predicted molar refractivity (Wildman–Crippen MR) is 76.3 cm³/mol. The molecule has 0 unspecified atom stereocenters. The average Bonchev–Trinajstić information content (AvgIpc) is 2.78. The Balaban J connectivity index is 1.89. The van der Waals surface area contributed by atoms with Crippen molar-refractivity contribution in [3.63, 3.8) is 0 Å². The second kappa shape index (κ2) is 5.79. The van der Waals surface area contributed by atoms with Crippen molar-refractivity contribution >= 4 is 22.4 Å². The van der Waals surface area contributed by atoms with Crippen LogP contribution in [0.2, 0.25) is 0 Å². The first-order chi connectivity index (χ1) is 9.06. The number of nitrogens with one attached hydrogen (secondary N) is 1. The standard InChI is InChI=1S/C13H16N4OS/c1-8-3-4-10(7-9(8)2)12(18)15-6-5-11-16-17-13(14)19-11/h3-4,7H,5-6H2,1-2H3,(H2,14,17)(H,15,18). The van der Waals surface area contributed by atoms with Crippen LogP contribution in [0.3, 0.4) is 0 Å². The van der Waals surface area contributed by atoms with Crippen LogP contribution >= 0.6 is 11.3 Å². The Hall–Kier alpha value is -1.95. The van der Waals surface area contributed by atoms with E-state index in [4.69, 9.17) is 5.73 Å². The summed E-state index contributed by atoms with van der Waals surface area (Å²) in [6.07, 6.45) is 0.644. The molecule has 0 fully saturated rings. The van der Waals surface area contributed by atoms with Gasteiger partial charge in [0.15, 0.2) is 0 Å². The van der Waals surface area contributed by atoms with Gasteiger partial charge in [0.05, 0.1) is 0 Å². The summed E-state index contributed by atoms with van der Waals surface area (Å²) in [4.78, 5) is 11.9. The average molecular weight is 276 g/mol. The lowest BCUT2D eigenvalue weighted by molar-refractivity contribution is 0.0954. The molecule has 6 heteroatoms. The highest BCUT2D eigenvalue weighted by Crippen LogP contribution is 2.11. The van der Waals surface area contributed by atoms with Gasteiger partial charge in [0, 0.05) is 18.5 Å². The van der Waals surface area contributed by atoms with E-state index in [1.54, 1.807) is 0 Å². The van der Waals surface area contributed by atoms with E-state index in [0.717, 1.165) is 10.6 Å². The van der Waals surface area contributed by atoms with Gasteiger partial charge in [-0.25, -0.2) is 0 Å². The molecule has 0 spiro atoms. The molecule has 5 nitrogen and oxygen atoms in total. The number of anilines is 1. The van der Waals surface area contributed by atoms with E-state index >= 15 is 0 Å². The molecule has 2 aromatic rings. The van der Waals surface area contributed by atoms with Gasteiger partial charge in [0.2, 0.25) is 5.13 Å². The van der Waals surface area contributed by atoms with Crippen LogP contribution < -0.4 is 11.1 Å². The third kappa shape index (κ3) is 3.51. The zero-order valence-electron chi connectivity index (χ0n) is 10.9. The molecule has 19 heavy (non-hydrogen) atoms. The van der Waals surface area contributed by atoms with Gasteiger partial charge in [-0.3, -0.25) is 4.79 Å².